The van der Waals surface area contributed by atoms with E-state index in [2.05, 4.69) is 20.6 Å². The van der Waals surface area contributed by atoms with Crippen molar-refractivity contribution in [1.82, 2.24) is 9.97 Å². The van der Waals surface area contributed by atoms with Crippen LogP contribution in [-0.4, -0.2) is 34.3 Å². The molecule has 3 N–H and O–H groups in total. The molecule has 1 aromatic rings. The Morgan fingerprint density at radius 3 is 2.71 bits per heavy atom. The van der Waals surface area contributed by atoms with Crippen molar-refractivity contribution in [2.24, 2.45) is 0 Å². The third kappa shape index (κ3) is 3.57. The Hall–Kier alpha value is -1.36. The minimum absolute atomic E-state index is 0.0942. The molecule has 14 heavy (non-hydrogen) atoms. The Morgan fingerprint density at radius 1 is 1.36 bits per heavy atom. The zero-order valence-corrected chi connectivity index (χ0v) is 8.49. The summed E-state index contributed by atoms with van der Waals surface area (Å²) in [4.78, 5) is 8.07. The summed E-state index contributed by atoms with van der Waals surface area (Å²) in [5.74, 6) is 1.51. The molecule has 0 aliphatic rings. The smallest absolute Gasteiger partial charge is 0.131 e. The van der Waals surface area contributed by atoms with Gasteiger partial charge in [-0.15, -0.1) is 0 Å². The summed E-state index contributed by atoms with van der Waals surface area (Å²) in [6.07, 6.45) is 1.49. The zero-order chi connectivity index (χ0) is 10.4. The average molecular weight is 196 g/mol. The van der Waals surface area contributed by atoms with E-state index < -0.39 is 0 Å². The summed E-state index contributed by atoms with van der Waals surface area (Å²) in [7, 11) is 0. The number of anilines is 2. The summed E-state index contributed by atoms with van der Waals surface area (Å²) in [5.41, 5.74) is 0. The average Bonchev–Trinajstić information content (AvgIpc) is 2.14. The van der Waals surface area contributed by atoms with E-state index in [0.717, 1.165) is 11.6 Å². The van der Waals surface area contributed by atoms with Crippen molar-refractivity contribution in [2.75, 3.05) is 23.8 Å². The molecule has 0 amide bonds. The van der Waals surface area contributed by atoms with E-state index in [4.69, 9.17) is 5.11 Å². The second kappa shape index (κ2) is 5.39. The molecule has 0 bridgehead atoms. The molecule has 0 saturated heterocycles. The molecule has 5 heteroatoms. The van der Waals surface area contributed by atoms with Gasteiger partial charge in [-0.05, 0) is 13.8 Å². The van der Waals surface area contributed by atoms with E-state index in [1.165, 1.54) is 6.33 Å². The van der Waals surface area contributed by atoms with Crippen molar-refractivity contribution < 1.29 is 5.11 Å². The molecule has 0 aromatic carbocycles. The maximum Gasteiger partial charge on any atom is 0.131 e. The van der Waals surface area contributed by atoms with Crippen LogP contribution in [0.4, 0.5) is 11.6 Å². The molecule has 1 aromatic heterocycles. The fraction of sp³-hybridized carbons (Fsp3) is 0.556. The number of aromatic nitrogens is 2. The number of aliphatic hydroxyl groups excluding tert-OH is 1. The monoisotopic (exact) mass is 196 g/mol. The molecule has 0 fully saturated rings. The van der Waals surface area contributed by atoms with Crippen molar-refractivity contribution in [3.63, 3.8) is 0 Å². The van der Waals surface area contributed by atoms with Gasteiger partial charge in [0.15, 0.2) is 0 Å². The van der Waals surface area contributed by atoms with Crippen molar-refractivity contribution in [3.05, 3.63) is 12.4 Å². The van der Waals surface area contributed by atoms with Gasteiger partial charge in [0.05, 0.1) is 6.61 Å². The maximum absolute atomic E-state index is 8.62. The summed E-state index contributed by atoms with van der Waals surface area (Å²) in [6.45, 7) is 4.68. The fourth-order valence-electron chi connectivity index (χ4n) is 1.01. The van der Waals surface area contributed by atoms with Gasteiger partial charge >= 0.3 is 0 Å². The molecule has 0 radical (unpaired) electrons. The molecular formula is C9H16N4O. The Kier molecular flexibility index (Phi) is 4.12. The first-order valence-electron chi connectivity index (χ1n) is 4.65. The van der Waals surface area contributed by atoms with Crippen LogP contribution in [-0.2, 0) is 0 Å². The highest BCUT2D eigenvalue weighted by atomic mass is 16.3. The molecular weight excluding hydrogens is 180 g/mol. The van der Waals surface area contributed by atoms with E-state index in [0.29, 0.717) is 12.6 Å². The predicted octanol–water partition coefficient (Wildman–Crippen LogP) is 0.701. The van der Waals surface area contributed by atoms with Crippen LogP contribution in [0.25, 0.3) is 0 Å². The number of rotatable bonds is 5. The van der Waals surface area contributed by atoms with Crippen LogP contribution in [0, 0.1) is 0 Å². The molecule has 0 unspecified atom stereocenters. The van der Waals surface area contributed by atoms with Crippen molar-refractivity contribution in [2.45, 2.75) is 19.9 Å². The highest BCUT2D eigenvalue weighted by Crippen LogP contribution is 2.08. The number of hydrogen-bond donors (Lipinski definition) is 3. The van der Waals surface area contributed by atoms with Crippen LogP contribution in [0.5, 0.6) is 0 Å². The zero-order valence-electron chi connectivity index (χ0n) is 8.49. The quantitative estimate of drug-likeness (QED) is 0.646. The van der Waals surface area contributed by atoms with E-state index in [9.17, 15) is 0 Å². The number of nitrogens with one attached hydrogen (secondary N) is 2. The molecule has 0 aliphatic carbocycles. The van der Waals surface area contributed by atoms with E-state index >= 15 is 0 Å². The standard InChI is InChI=1S/C9H16N4O/c1-7(2)13-9-5-8(10-3-4-14)11-6-12-9/h5-7,14H,3-4H2,1-2H3,(H2,10,11,12,13). The summed E-state index contributed by atoms with van der Waals surface area (Å²) in [6, 6.07) is 2.16. The van der Waals surface area contributed by atoms with Gasteiger partial charge in [0.1, 0.15) is 18.0 Å². The van der Waals surface area contributed by atoms with Gasteiger partial charge in [0.2, 0.25) is 0 Å². The summed E-state index contributed by atoms with van der Waals surface area (Å²) < 4.78 is 0. The first-order valence-corrected chi connectivity index (χ1v) is 4.65. The van der Waals surface area contributed by atoms with Crippen LogP contribution in [0.1, 0.15) is 13.8 Å². The highest BCUT2D eigenvalue weighted by molar-refractivity contribution is 5.46. The topological polar surface area (TPSA) is 70.1 Å². The minimum atomic E-state index is 0.0942. The largest absolute Gasteiger partial charge is 0.395 e. The molecule has 0 atom stereocenters. The van der Waals surface area contributed by atoms with E-state index in [-0.39, 0.29) is 6.61 Å². The third-order valence-electron chi connectivity index (χ3n) is 1.52. The molecule has 78 valence electrons. The molecule has 5 nitrogen and oxygen atoms in total. The highest BCUT2D eigenvalue weighted by Gasteiger charge is 1.98. The van der Waals surface area contributed by atoms with Crippen LogP contribution >= 0.6 is 0 Å². The van der Waals surface area contributed by atoms with Crippen LogP contribution in [0.2, 0.25) is 0 Å². The lowest BCUT2D eigenvalue weighted by atomic mass is 10.4. The minimum Gasteiger partial charge on any atom is -0.395 e. The Morgan fingerprint density at radius 2 is 2.07 bits per heavy atom. The summed E-state index contributed by atoms with van der Waals surface area (Å²) in [5, 5.41) is 14.8. The molecule has 1 heterocycles. The maximum atomic E-state index is 8.62. The van der Waals surface area contributed by atoms with Crippen LogP contribution in [0.15, 0.2) is 12.4 Å². The lowest BCUT2D eigenvalue weighted by Crippen LogP contribution is -2.12. The van der Waals surface area contributed by atoms with Gasteiger partial charge in [-0.1, -0.05) is 0 Å². The van der Waals surface area contributed by atoms with Gasteiger partial charge in [-0.25, -0.2) is 9.97 Å². The lowest BCUT2D eigenvalue weighted by Gasteiger charge is -2.09. The van der Waals surface area contributed by atoms with Gasteiger partial charge < -0.3 is 15.7 Å². The van der Waals surface area contributed by atoms with Crippen molar-refractivity contribution in [3.8, 4) is 0 Å². The van der Waals surface area contributed by atoms with Crippen LogP contribution < -0.4 is 10.6 Å². The first-order chi connectivity index (χ1) is 6.72. The van der Waals surface area contributed by atoms with Gasteiger partial charge in [0.25, 0.3) is 0 Å². The Labute approximate surface area is 83.6 Å². The second-order valence-corrected chi connectivity index (χ2v) is 3.24. The number of nitrogens with zero attached hydrogens (tertiary/aromatic N) is 2. The number of hydrogen-bond acceptors (Lipinski definition) is 5. The fourth-order valence-corrected chi connectivity index (χ4v) is 1.01. The third-order valence-corrected chi connectivity index (χ3v) is 1.52. The van der Waals surface area contributed by atoms with Crippen molar-refractivity contribution >= 4 is 11.6 Å². The molecule has 1 rings (SSSR count). The normalized spacial score (nSPS) is 10.3. The SMILES string of the molecule is CC(C)Nc1cc(NCCO)ncn1. The molecule has 0 aliphatic heterocycles. The molecule has 0 spiro atoms. The Bertz CT molecular complexity index is 277. The predicted molar refractivity (Wildman–Crippen MR) is 56.4 cm³/mol. The number of aliphatic hydroxyl groups is 1. The molecule has 0 saturated carbocycles. The summed E-state index contributed by atoms with van der Waals surface area (Å²) >= 11 is 0. The first kappa shape index (κ1) is 10.7. The van der Waals surface area contributed by atoms with Gasteiger partial charge in [0, 0.05) is 18.7 Å². The van der Waals surface area contributed by atoms with Crippen LogP contribution in [0.3, 0.4) is 0 Å². The second-order valence-electron chi connectivity index (χ2n) is 3.24. The Balaban J connectivity index is 2.59. The van der Waals surface area contributed by atoms with Gasteiger partial charge in [-0.3, -0.25) is 0 Å². The van der Waals surface area contributed by atoms with E-state index in [1.807, 2.05) is 19.9 Å². The van der Waals surface area contributed by atoms with Crippen molar-refractivity contribution in [1.29, 1.82) is 0 Å². The lowest BCUT2D eigenvalue weighted by molar-refractivity contribution is 0.311. The van der Waals surface area contributed by atoms with Gasteiger partial charge in [-0.2, -0.15) is 0 Å². The van der Waals surface area contributed by atoms with E-state index in [1.54, 1.807) is 0 Å².